The molecule has 0 aliphatic heterocycles. The lowest BCUT2D eigenvalue weighted by Crippen LogP contribution is -2.15. The molecule has 100 valence electrons. The summed E-state index contributed by atoms with van der Waals surface area (Å²) in [5, 5.41) is 3.14. The van der Waals surface area contributed by atoms with Crippen LogP contribution in [0.2, 0.25) is 5.02 Å². The summed E-state index contributed by atoms with van der Waals surface area (Å²) in [5.41, 5.74) is 2.90. The van der Waals surface area contributed by atoms with Crippen LogP contribution in [-0.4, -0.2) is 15.9 Å². The molecule has 20 heavy (non-hydrogen) atoms. The molecule has 7 heteroatoms. The predicted molar refractivity (Wildman–Crippen MR) is 79.6 cm³/mol. The van der Waals surface area contributed by atoms with Gasteiger partial charge in [0.05, 0.1) is 26.5 Å². The molecule has 2 N–H and O–H groups in total. The summed E-state index contributed by atoms with van der Waals surface area (Å²) in [4.78, 5) is 29.8. The van der Waals surface area contributed by atoms with Crippen LogP contribution in [0.3, 0.4) is 0 Å². The molecule has 0 aliphatic carbocycles. The number of nitrogens with one attached hydrogen (secondary N) is 2. The monoisotopic (exact) mass is 305 g/mol. The van der Waals surface area contributed by atoms with Gasteiger partial charge in [-0.1, -0.05) is 11.6 Å². The summed E-state index contributed by atoms with van der Waals surface area (Å²) in [5.74, 6) is -0.358. The lowest BCUT2D eigenvalue weighted by atomic mass is 10.2. The number of fused-ring (bicyclic) bond motifs is 1. The third kappa shape index (κ3) is 2.31. The number of aromatic amines is 1. The van der Waals surface area contributed by atoms with Crippen LogP contribution in [0.25, 0.3) is 10.2 Å². The van der Waals surface area contributed by atoms with Gasteiger partial charge >= 0.3 is 0 Å². The van der Waals surface area contributed by atoms with Crippen LogP contribution in [0.15, 0.2) is 40.8 Å². The number of H-pyrrole nitrogens is 1. The van der Waals surface area contributed by atoms with Gasteiger partial charge in [0.15, 0.2) is 0 Å². The highest BCUT2D eigenvalue weighted by Gasteiger charge is 2.13. The summed E-state index contributed by atoms with van der Waals surface area (Å²) in [6.07, 6.45) is 1.35. The molecule has 0 saturated heterocycles. The number of rotatable bonds is 2. The van der Waals surface area contributed by atoms with Gasteiger partial charge in [0.1, 0.15) is 5.52 Å². The van der Waals surface area contributed by atoms with Crippen molar-refractivity contribution in [2.24, 2.45) is 0 Å². The van der Waals surface area contributed by atoms with E-state index in [9.17, 15) is 9.59 Å². The van der Waals surface area contributed by atoms with Gasteiger partial charge < -0.3 is 10.3 Å². The predicted octanol–water partition coefficient (Wildman–Crippen LogP) is 2.89. The molecule has 0 fully saturated rings. The molecule has 3 rings (SSSR count). The van der Waals surface area contributed by atoms with Crippen LogP contribution >= 0.6 is 22.9 Å². The Balaban J connectivity index is 1.98. The number of hydrogen-bond donors (Lipinski definition) is 2. The number of pyridine rings is 1. The van der Waals surface area contributed by atoms with Crippen LogP contribution in [0.1, 0.15) is 10.4 Å². The third-order valence-corrected chi connectivity index (χ3v) is 3.85. The van der Waals surface area contributed by atoms with Crippen LogP contribution in [0.4, 0.5) is 5.69 Å². The topological polar surface area (TPSA) is 74.8 Å². The molecule has 0 unspecified atom stereocenters. The first-order chi connectivity index (χ1) is 9.65. The SMILES string of the molecule is O=C(Nc1c(Cl)ccc2scnc12)c1ccc(=O)[nH]c1. The third-order valence-electron chi connectivity index (χ3n) is 2.74. The van der Waals surface area contributed by atoms with E-state index in [0.29, 0.717) is 21.8 Å². The highest BCUT2D eigenvalue weighted by Crippen LogP contribution is 2.32. The second-order valence-electron chi connectivity index (χ2n) is 4.02. The Hall–Kier alpha value is -2.18. The van der Waals surface area contributed by atoms with E-state index in [-0.39, 0.29) is 11.5 Å². The molecule has 1 amide bonds. The minimum Gasteiger partial charge on any atom is -0.328 e. The number of carbonyl (C=O) groups excluding carboxylic acids is 1. The smallest absolute Gasteiger partial charge is 0.257 e. The van der Waals surface area contributed by atoms with Gasteiger partial charge in [0, 0.05) is 12.3 Å². The highest BCUT2D eigenvalue weighted by atomic mass is 35.5. The van der Waals surface area contributed by atoms with Crippen molar-refractivity contribution in [3.63, 3.8) is 0 Å². The number of halogens is 1. The zero-order chi connectivity index (χ0) is 14.1. The maximum atomic E-state index is 12.1. The first-order valence-corrected chi connectivity index (χ1v) is 6.93. The van der Waals surface area contributed by atoms with Gasteiger partial charge in [-0.05, 0) is 18.2 Å². The Morgan fingerprint density at radius 3 is 2.90 bits per heavy atom. The van der Waals surface area contributed by atoms with Crippen molar-refractivity contribution in [2.45, 2.75) is 0 Å². The van der Waals surface area contributed by atoms with Gasteiger partial charge in [-0.2, -0.15) is 0 Å². The van der Waals surface area contributed by atoms with Crippen LogP contribution in [-0.2, 0) is 0 Å². The van der Waals surface area contributed by atoms with Gasteiger partial charge in [-0.25, -0.2) is 4.98 Å². The zero-order valence-electron chi connectivity index (χ0n) is 10.0. The first kappa shape index (κ1) is 12.8. The summed E-state index contributed by atoms with van der Waals surface area (Å²) >= 11 is 7.58. The minimum atomic E-state index is -0.358. The van der Waals surface area contributed by atoms with Gasteiger partial charge in [0.25, 0.3) is 5.91 Å². The Bertz CT molecular complexity index is 836. The largest absolute Gasteiger partial charge is 0.328 e. The quantitative estimate of drug-likeness (QED) is 0.764. The minimum absolute atomic E-state index is 0.263. The lowest BCUT2D eigenvalue weighted by molar-refractivity contribution is 0.102. The van der Waals surface area contributed by atoms with Gasteiger partial charge in [0.2, 0.25) is 5.56 Å². The number of nitrogens with zero attached hydrogens (tertiary/aromatic N) is 1. The molecule has 0 spiro atoms. The molecule has 5 nitrogen and oxygen atoms in total. The fourth-order valence-electron chi connectivity index (χ4n) is 1.76. The van der Waals surface area contributed by atoms with E-state index in [2.05, 4.69) is 15.3 Å². The first-order valence-electron chi connectivity index (χ1n) is 5.67. The molecule has 2 heterocycles. The molecular formula is C13H8ClN3O2S. The molecule has 0 saturated carbocycles. The number of hydrogen-bond acceptors (Lipinski definition) is 4. The average molecular weight is 306 g/mol. The number of thiazole rings is 1. The van der Waals surface area contributed by atoms with E-state index in [1.54, 1.807) is 11.6 Å². The van der Waals surface area contributed by atoms with Crippen molar-refractivity contribution >= 4 is 44.7 Å². The van der Waals surface area contributed by atoms with E-state index in [4.69, 9.17) is 11.6 Å². The Kier molecular flexibility index (Phi) is 3.25. The standard InChI is InChI=1S/C13H8ClN3O2S/c14-8-2-3-9-12(16-6-20-9)11(8)17-13(19)7-1-4-10(18)15-5-7/h1-6H,(H,15,18)(H,17,19). The average Bonchev–Trinajstić information content (AvgIpc) is 2.91. The summed E-state index contributed by atoms with van der Waals surface area (Å²) in [6, 6.07) is 6.30. The molecule has 0 aliphatic rings. The number of benzene rings is 1. The van der Waals surface area contributed by atoms with E-state index < -0.39 is 0 Å². The summed E-state index contributed by atoms with van der Waals surface area (Å²) < 4.78 is 0.936. The molecule has 0 atom stereocenters. The van der Waals surface area contributed by atoms with Gasteiger partial charge in [-0.3, -0.25) is 9.59 Å². The zero-order valence-corrected chi connectivity index (χ0v) is 11.6. The van der Waals surface area contributed by atoms with Crippen molar-refractivity contribution in [1.29, 1.82) is 0 Å². The number of carbonyl (C=O) groups is 1. The van der Waals surface area contributed by atoms with E-state index >= 15 is 0 Å². The summed E-state index contributed by atoms with van der Waals surface area (Å²) in [6.45, 7) is 0. The normalized spacial score (nSPS) is 10.7. The highest BCUT2D eigenvalue weighted by molar-refractivity contribution is 7.16. The molecule has 0 radical (unpaired) electrons. The van der Waals surface area contributed by atoms with Crippen LogP contribution in [0, 0.1) is 0 Å². The van der Waals surface area contributed by atoms with E-state index in [1.807, 2.05) is 6.07 Å². The number of aromatic nitrogens is 2. The van der Waals surface area contributed by atoms with Crippen LogP contribution in [0.5, 0.6) is 0 Å². The van der Waals surface area contributed by atoms with Crippen LogP contribution < -0.4 is 10.9 Å². The maximum absolute atomic E-state index is 12.1. The van der Waals surface area contributed by atoms with Crippen molar-refractivity contribution in [1.82, 2.24) is 9.97 Å². The number of amides is 1. The Labute approximate surface area is 122 Å². The maximum Gasteiger partial charge on any atom is 0.257 e. The molecule has 2 aromatic heterocycles. The van der Waals surface area contributed by atoms with E-state index in [1.165, 1.54) is 29.7 Å². The molecule has 1 aromatic carbocycles. The van der Waals surface area contributed by atoms with E-state index in [0.717, 1.165) is 4.70 Å². The summed E-state index contributed by atoms with van der Waals surface area (Å²) in [7, 11) is 0. The fraction of sp³-hybridized carbons (Fsp3) is 0. The molecule has 0 bridgehead atoms. The van der Waals surface area contributed by atoms with Crippen molar-refractivity contribution in [3.05, 3.63) is 56.9 Å². The fourth-order valence-corrected chi connectivity index (χ4v) is 2.65. The second-order valence-corrected chi connectivity index (χ2v) is 5.31. The Morgan fingerprint density at radius 1 is 1.30 bits per heavy atom. The van der Waals surface area contributed by atoms with Gasteiger partial charge in [-0.15, -0.1) is 11.3 Å². The van der Waals surface area contributed by atoms with Crippen molar-refractivity contribution in [2.75, 3.05) is 5.32 Å². The lowest BCUT2D eigenvalue weighted by Gasteiger charge is -2.07. The van der Waals surface area contributed by atoms with Crippen molar-refractivity contribution in [3.8, 4) is 0 Å². The second kappa shape index (κ2) is 5.07. The number of anilines is 1. The Morgan fingerprint density at radius 2 is 2.15 bits per heavy atom. The molecular weight excluding hydrogens is 298 g/mol. The van der Waals surface area contributed by atoms with Crippen molar-refractivity contribution < 1.29 is 4.79 Å². The molecule has 3 aromatic rings.